The van der Waals surface area contributed by atoms with E-state index in [0.29, 0.717) is 12.3 Å². The lowest BCUT2D eigenvalue weighted by Gasteiger charge is -2.13. The van der Waals surface area contributed by atoms with Crippen molar-refractivity contribution in [3.8, 4) is 0 Å². The van der Waals surface area contributed by atoms with Crippen molar-refractivity contribution in [1.29, 1.82) is 0 Å². The maximum Gasteiger partial charge on any atom is 0.191 e. The fraction of sp³-hybridized carbons (Fsp3) is 0.611. The molecule has 2 N–H and O–H groups in total. The number of hydrogen-bond acceptors (Lipinski definition) is 3. The molecule has 2 rings (SSSR count). The molecule has 0 bridgehead atoms. The van der Waals surface area contributed by atoms with Crippen LogP contribution >= 0.6 is 0 Å². The second-order valence-electron chi connectivity index (χ2n) is 6.66. The third kappa shape index (κ3) is 6.15. The van der Waals surface area contributed by atoms with Gasteiger partial charge in [-0.05, 0) is 45.1 Å². The van der Waals surface area contributed by atoms with Gasteiger partial charge in [0.25, 0.3) is 0 Å². The van der Waals surface area contributed by atoms with Gasteiger partial charge in [-0.3, -0.25) is 4.99 Å². The molecule has 0 aromatic heterocycles. The van der Waals surface area contributed by atoms with Crippen molar-refractivity contribution in [2.75, 3.05) is 31.1 Å². The molecule has 6 heteroatoms. The lowest BCUT2D eigenvalue weighted by Crippen LogP contribution is -2.38. The third-order valence-electron chi connectivity index (χ3n) is 4.17. The van der Waals surface area contributed by atoms with Crippen molar-refractivity contribution < 1.29 is 8.42 Å². The van der Waals surface area contributed by atoms with Gasteiger partial charge in [0.05, 0.1) is 11.5 Å². The number of hydrogen-bond donors (Lipinski definition) is 2. The zero-order valence-electron chi connectivity index (χ0n) is 14.9. The van der Waals surface area contributed by atoms with Crippen LogP contribution in [-0.2, 0) is 16.3 Å². The summed E-state index contributed by atoms with van der Waals surface area (Å²) in [6, 6.07) is 6.60. The van der Waals surface area contributed by atoms with E-state index in [1.165, 1.54) is 16.7 Å². The lowest BCUT2D eigenvalue weighted by molar-refractivity contribution is 0.589. The molecule has 0 spiro atoms. The Morgan fingerprint density at radius 3 is 2.50 bits per heavy atom. The van der Waals surface area contributed by atoms with Gasteiger partial charge in [0, 0.05) is 19.6 Å². The summed E-state index contributed by atoms with van der Waals surface area (Å²) in [5, 5.41) is 6.57. The van der Waals surface area contributed by atoms with Crippen LogP contribution in [0.4, 0.5) is 0 Å². The van der Waals surface area contributed by atoms with Gasteiger partial charge in [-0.25, -0.2) is 8.42 Å². The molecule has 1 saturated heterocycles. The van der Waals surface area contributed by atoms with E-state index in [-0.39, 0.29) is 11.7 Å². The smallest absolute Gasteiger partial charge is 0.191 e. The summed E-state index contributed by atoms with van der Waals surface area (Å²) in [7, 11) is -2.83. The fourth-order valence-electron chi connectivity index (χ4n) is 3.12. The van der Waals surface area contributed by atoms with Crippen LogP contribution in [0.5, 0.6) is 0 Å². The number of guanidine groups is 1. The van der Waals surface area contributed by atoms with Crippen molar-refractivity contribution >= 4 is 15.8 Å². The zero-order chi connectivity index (χ0) is 17.6. The van der Waals surface area contributed by atoms with Gasteiger partial charge in [0.1, 0.15) is 0 Å². The molecule has 1 fully saturated rings. The second-order valence-corrected chi connectivity index (χ2v) is 8.89. The van der Waals surface area contributed by atoms with E-state index in [1.54, 1.807) is 0 Å². The Balaban J connectivity index is 1.85. The molecule has 1 aliphatic heterocycles. The molecule has 1 aliphatic rings. The number of nitrogens with one attached hydrogen (secondary N) is 2. The van der Waals surface area contributed by atoms with Crippen LogP contribution in [0.15, 0.2) is 23.2 Å². The summed E-state index contributed by atoms with van der Waals surface area (Å²) in [4.78, 5) is 4.56. The minimum atomic E-state index is -2.83. The van der Waals surface area contributed by atoms with Gasteiger partial charge < -0.3 is 10.6 Å². The van der Waals surface area contributed by atoms with Crippen molar-refractivity contribution in [1.82, 2.24) is 10.6 Å². The summed E-state index contributed by atoms with van der Waals surface area (Å²) in [6.45, 7) is 8.42. The topological polar surface area (TPSA) is 70.6 Å². The van der Waals surface area contributed by atoms with E-state index in [2.05, 4.69) is 47.7 Å². The Bertz CT molecular complexity index is 663. The maximum atomic E-state index is 11.5. The predicted octanol–water partition coefficient (Wildman–Crippen LogP) is 1.84. The number of aryl methyl sites for hydroxylation is 2. The van der Waals surface area contributed by atoms with Crippen LogP contribution in [0.3, 0.4) is 0 Å². The fourth-order valence-corrected chi connectivity index (χ4v) is 4.97. The summed E-state index contributed by atoms with van der Waals surface area (Å²) < 4.78 is 23.0. The zero-order valence-corrected chi connectivity index (χ0v) is 15.7. The van der Waals surface area contributed by atoms with Crippen molar-refractivity contribution in [2.24, 2.45) is 10.9 Å². The number of rotatable bonds is 6. The van der Waals surface area contributed by atoms with Crippen LogP contribution in [0, 0.1) is 19.8 Å². The average Bonchev–Trinajstić information content (AvgIpc) is 2.83. The summed E-state index contributed by atoms with van der Waals surface area (Å²) >= 11 is 0. The van der Waals surface area contributed by atoms with Crippen LogP contribution in [-0.4, -0.2) is 45.5 Å². The van der Waals surface area contributed by atoms with E-state index in [4.69, 9.17) is 0 Å². The van der Waals surface area contributed by atoms with E-state index >= 15 is 0 Å². The average molecular weight is 352 g/mol. The Morgan fingerprint density at radius 1 is 1.21 bits per heavy atom. The predicted molar refractivity (Wildman–Crippen MR) is 100 cm³/mol. The molecule has 1 heterocycles. The molecule has 1 unspecified atom stereocenters. The van der Waals surface area contributed by atoms with E-state index in [9.17, 15) is 8.42 Å². The minimum Gasteiger partial charge on any atom is -0.357 e. The monoisotopic (exact) mass is 351 g/mol. The Hall–Kier alpha value is -1.56. The highest BCUT2D eigenvalue weighted by atomic mass is 32.2. The van der Waals surface area contributed by atoms with Crippen LogP contribution in [0.25, 0.3) is 0 Å². The first-order valence-corrected chi connectivity index (χ1v) is 10.5. The van der Waals surface area contributed by atoms with E-state index in [1.807, 2.05) is 6.92 Å². The molecule has 0 radical (unpaired) electrons. The van der Waals surface area contributed by atoms with Gasteiger partial charge in [-0.15, -0.1) is 0 Å². The van der Waals surface area contributed by atoms with Crippen molar-refractivity contribution in [2.45, 2.75) is 33.6 Å². The maximum absolute atomic E-state index is 11.5. The first kappa shape index (κ1) is 18.8. The van der Waals surface area contributed by atoms with Crippen molar-refractivity contribution in [3.63, 3.8) is 0 Å². The van der Waals surface area contributed by atoms with Crippen molar-refractivity contribution in [3.05, 3.63) is 34.9 Å². The third-order valence-corrected chi connectivity index (χ3v) is 6.00. The van der Waals surface area contributed by atoms with Gasteiger partial charge in [-0.2, -0.15) is 0 Å². The molecule has 1 aromatic rings. The standard InChI is InChI=1S/C18H29N3O2S/c1-4-19-18(21-12-17-6-8-24(22,23)13-17)20-7-5-16-10-14(2)9-15(3)11-16/h9-11,17H,4-8,12-13H2,1-3H3,(H2,19,20,21). The highest BCUT2D eigenvalue weighted by molar-refractivity contribution is 7.91. The van der Waals surface area contributed by atoms with Gasteiger partial charge in [0.2, 0.25) is 0 Å². The SMILES string of the molecule is CCNC(=NCC1CCS(=O)(=O)C1)NCCc1cc(C)cc(C)c1. The van der Waals surface area contributed by atoms with Crippen LogP contribution < -0.4 is 10.6 Å². The quantitative estimate of drug-likeness (QED) is 0.606. The Labute approximate surface area is 145 Å². The number of benzene rings is 1. The molecule has 1 aromatic carbocycles. The molecule has 1 atom stereocenters. The molecule has 0 amide bonds. The molecule has 5 nitrogen and oxygen atoms in total. The highest BCUT2D eigenvalue weighted by Gasteiger charge is 2.27. The first-order chi connectivity index (χ1) is 11.4. The van der Waals surface area contributed by atoms with Gasteiger partial charge >= 0.3 is 0 Å². The number of nitrogens with zero attached hydrogens (tertiary/aromatic N) is 1. The van der Waals surface area contributed by atoms with E-state index in [0.717, 1.165) is 31.9 Å². The molecule has 0 saturated carbocycles. The number of sulfone groups is 1. The Kier molecular flexibility index (Phi) is 6.66. The molecular formula is C18H29N3O2S. The Morgan fingerprint density at radius 2 is 1.92 bits per heavy atom. The first-order valence-electron chi connectivity index (χ1n) is 8.68. The molecule has 24 heavy (non-hydrogen) atoms. The summed E-state index contributed by atoms with van der Waals surface area (Å²) in [5.74, 6) is 1.51. The van der Waals surface area contributed by atoms with Crippen LogP contribution in [0.1, 0.15) is 30.0 Å². The lowest BCUT2D eigenvalue weighted by atomic mass is 10.1. The number of aliphatic imine (C=N–C) groups is 1. The van der Waals surface area contributed by atoms with Crippen LogP contribution in [0.2, 0.25) is 0 Å². The molecule has 134 valence electrons. The normalized spacial score (nSPS) is 20.1. The molecular weight excluding hydrogens is 322 g/mol. The van der Waals surface area contributed by atoms with E-state index < -0.39 is 9.84 Å². The molecule has 0 aliphatic carbocycles. The largest absolute Gasteiger partial charge is 0.357 e. The minimum absolute atomic E-state index is 0.157. The summed E-state index contributed by atoms with van der Waals surface area (Å²) in [6.07, 6.45) is 1.67. The highest BCUT2D eigenvalue weighted by Crippen LogP contribution is 2.18. The van der Waals surface area contributed by atoms with Gasteiger partial charge in [0.15, 0.2) is 15.8 Å². The van der Waals surface area contributed by atoms with Gasteiger partial charge in [-0.1, -0.05) is 29.3 Å². The second kappa shape index (κ2) is 8.51. The summed E-state index contributed by atoms with van der Waals surface area (Å²) in [5.41, 5.74) is 3.89.